The molecule has 0 aliphatic heterocycles. The number of nitro benzene ring substituents is 1. The van der Waals surface area contributed by atoms with Crippen LogP contribution in [0, 0.1) is 30.9 Å². The molecule has 1 amide bonds. The first-order valence-electron chi connectivity index (χ1n) is 8.25. The SMILES string of the molecule is Cc1ccc([N+](=O)[O-])cc1NC(=O)CCSc1ncnc2sc(C)c(C)c12. The minimum Gasteiger partial charge on any atom is -0.326 e. The van der Waals surface area contributed by atoms with Crippen molar-refractivity contribution in [1.29, 1.82) is 0 Å². The van der Waals surface area contributed by atoms with Gasteiger partial charge in [0, 0.05) is 34.6 Å². The lowest BCUT2D eigenvalue weighted by Crippen LogP contribution is -2.13. The molecule has 3 rings (SSSR count). The largest absolute Gasteiger partial charge is 0.326 e. The van der Waals surface area contributed by atoms with E-state index in [0.29, 0.717) is 11.4 Å². The van der Waals surface area contributed by atoms with E-state index in [1.807, 2.05) is 0 Å². The number of carbonyl (C=O) groups is 1. The average Bonchev–Trinajstić information content (AvgIpc) is 2.92. The van der Waals surface area contributed by atoms with Crippen molar-refractivity contribution in [2.45, 2.75) is 32.2 Å². The first kappa shape index (κ1) is 19.2. The van der Waals surface area contributed by atoms with E-state index in [4.69, 9.17) is 0 Å². The second kappa shape index (κ2) is 8.01. The molecule has 0 unspecified atom stereocenters. The monoisotopic (exact) mass is 402 g/mol. The number of benzene rings is 1. The highest BCUT2D eigenvalue weighted by atomic mass is 32.2. The number of hydrogen-bond acceptors (Lipinski definition) is 7. The van der Waals surface area contributed by atoms with E-state index < -0.39 is 4.92 Å². The van der Waals surface area contributed by atoms with Gasteiger partial charge in [0.1, 0.15) is 16.2 Å². The first-order valence-corrected chi connectivity index (χ1v) is 10.1. The van der Waals surface area contributed by atoms with Crippen LogP contribution in [-0.2, 0) is 4.79 Å². The summed E-state index contributed by atoms with van der Waals surface area (Å²) in [5.74, 6) is 0.370. The van der Waals surface area contributed by atoms with Gasteiger partial charge in [-0.25, -0.2) is 9.97 Å². The van der Waals surface area contributed by atoms with Crippen LogP contribution in [0.2, 0.25) is 0 Å². The number of nitrogens with zero attached hydrogens (tertiary/aromatic N) is 3. The quantitative estimate of drug-likeness (QED) is 0.279. The van der Waals surface area contributed by atoms with Gasteiger partial charge < -0.3 is 5.32 Å². The summed E-state index contributed by atoms with van der Waals surface area (Å²) in [6, 6.07) is 4.43. The predicted molar refractivity (Wildman–Crippen MR) is 109 cm³/mol. The highest BCUT2D eigenvalue weighted by Gasteiger charge is 2.14. The number of rotatable bonds is 6. The molecular weight excluding hydrogens is 384 g/mol. The summed E-state index contributed by atoms with van der Waals surface area (Å²) in [6.45, 7) is 5.91. The Hall–Kier alpha value is -2.52. The van der Waals surface area contributed by atoms with E-state index in [2.05, 4.69) is 29.1 Å². The number of nitro groups is 1. The van der Waals surface area contributed by atoms with Gasteiger partial charge in [0.2, 0.25) is 5.91 Å². The number of fused-ring (bicyclic) bond motifs is 1. The summed E-state index contributed by atoms with van der Waals surface area (Å²) in [6.07, 6.45) is 1.83. The standard InChI is InChI=1S/C18H18N4O3S2/c1-10-4-5-13(22(24)25)8-14(10)21-15(23)6-7-26-17-16-11(2)12(3)27-18(16)20-9-19-17/h4-5,8-9H,6-7H2,1-3H3,(H,21,23). The maximum Gasteiger partial charge on any atom is 0.271 e. The third-order valence-corrected chi connectivity index (χ3v) is 6.31. The number of aromatic nitrogens is 2. The molecule has 0 radical (unpaired) electrons. The minimum atomic E-state index is -0.476. The summed E-state index contributed by atoms with van der Waals surface area (Å²) >= 11 is 3.16. The maximum atomic E-state index is 12.2. The van der Waals surface area contributed by atoms with Crippen LogP contribution in [0.3, 0.4) is 0 Å². The maximum absolute atomic E-state index is 12.2. The molecule has 0 spiro atoms. The zero-order valence-electron chi connectivity index (χ0n) is 15.1. The summed E-state index contributed by atoms with van der Waals surface area (Å²) < 4.78 is 0. The van der Waals surface area contributed by atoms with Crippen molar-refractivity contribution < 1.29 is 9.72 Å². The highest BCUT2D eigenvalue weighted by Crippen LogP contribution is 2.34. The van der Waals surface area contributed by atoms with E-state index in [1.54, 1.807) is 30.7 Å². The van der Waals surface area contributed by atoms with Crippen molar-refractivity contribution in [3.05, 3.63) is 50.6 Å². The Morgan fingerprint density at radius 1 is 1.30 bits per heavy atom. The summed E-state index contributed by atoms with van der Waals surface area (Å²) in [5, 5.41) is 15.6. The molecule has 0 saturated carbocycles. The molecule has 0 fully saturated rings. The van der Waals surface area contributed by atoms with Gasteiger partial charge in [0.15, 0.2) is 0 Å². The van der Waals surface area contributed by atoms with Gasteiger partial charge in [-0.15, -0.1) is 23.1 Å². The number of anilines is 1. The van der Waals surface area contributed by atoms with Gasteiger partial charge in [0.25, 0.3) is 5.69 Å². The Morgan fingerprint density at radius 2 is 2.07 bits per heavy atom. The molecule has 27 heavy (non-hydrogen) atoms. The third kappa shape index (κ3) is 4.25. The fraction of sp³-hybridized carbons (Fsp3) is 0.278. The fourth-order valence-electron chi connectivity index (χ4n) is 2.57. The minimum absolute atomic E-state index is 0.0445. The van der Waals surface area contributed by atoms with Gasteiger partial charge in [0.05, 0.1) is 10.6 Å². The molecule has 140 valence electrons. The number of hydrogen-bond donors (Lipinski definition) is 1. The van der Waals surface area contributed by atoms with Crippen LogP contribution in [-0.4, -0.2) is 26.6 Å². The molecular formula is C18H18N4O3S2. The number of non-ortho nitro benzene ring substituents is 1. The molecule has 2 heterocycles. The van der Waals surface area contributed by atoms with Crippen LogP contribution in [0.5, 0.6) is 0 Å². The summed E-state index contributed by atoms with van der Waals surface area (Å²) in [5.41, 5.74) is 2.38. The molecule has 0 saturated heterocycles. The van der Waals surface area contributed by atoms with Crippen LogP contribution in [0.1, 0.15) is 22.4 Å². The number of amides is 1. The fourth-order valence-corrected chi connectivity index (χ4v) is 4.63. The lowest BCUT2D eigenvalue weighted by Gasteiger charge is -2.08. The summed E-state index contributed by atoms with van der Waals surface area (Å²) in [4.78, 5) is 33.5. The van der Waals surface area contributed by atoms with Crippen molar-refractivity contribution in [2.75, 3.05) is 11.1 Å². The molecule has 7 nitrogen and oxygen atoms in total. The molecule has 2 aromatic heterocycles. The number of nitrogens with one attached hydrogen (secondary N) is 1. The van der Waals surface area contributed by atoms with Crippen molar-refractivity contribution >= 4 is 50.6 Å². The molecule has 0 aliphatic rings. The smallest absolute Gasteiger partial charge is 0.271 e. The van der Waals surface area contributed by atoms with Crippen LogP contribution in [0.4, 0.5) is 11.4 Å². The highest BCUT2D eigenvalue weighted by molar-refractivity contribution is 7.99. The van der Waals surface area contributed by atoms with E-state index in [1.165, 1.54) is 34.3 Å². The average molecular weight is 403 g/mol. The van der Waals surface area contributed by atoms with E-state index in [0.717, 1.165) is 20.8 Å². The van der Waals surface area contributed by atoms with Crippen molar-refractivity contribution in [3.8, 4) is 0 Å². The number of carbonyl (C=O) groups excluding carboxylic acids is 1. The first-order chi connectivity index (χ1) is 12.9. The normalized spacial score (nSPS) is 10.9. The van der Waals surface area contributed by atoms with Gasteiger partial charge >= 0.3 is 0 Å². The van der Waals surface area contributed by atoms with Gasteiger partial charge in [-0.05, 0) is 31.9 Å². The second-order valence-corrected chi connectivity index (χ2v) is 8.33. The van der Waals surface area contributed by atoms with Gasteiger partial charge in [-0.2, -0.15) is 0 Å². The van der Waals surface area contributed by atoms with Crippen LogP contribution < -0.4 is 5.32 Å². The molecule has 3 aromatic rings. The zero-order valence-corrected chi connectivity index (χ0v) is 16.7. The lowest BCUT2D eigenvalue weighted by atomic mass is 10.2. The summed E-state index contributed by atoms with van der Waals surface area (Å²) in [7, 11) is 0. The number of aryl methyl sites for hydroxylation is 3. The van der Waals surface area contributed by atoms with Gasteiger partial charge in [-0.3, -0.25) is 14.9 Å². The molecule has 0 bridgehead atoms. The Balaban J connectivity index is 1.64. The Labute approximate surface area is 164 Å². The third-order valence-electron chi connectivity index (χ3n) is 4.20. The topological polar surface area (TPSA) is 98.0 Å². The molecule has 0 aliphatic carbocycles. The van der Waals surface area contributed by atoms with Crippen molar-refractivity contribution in [2.24, 2.45) is 0 Å². The Bertz CT molecular complexity index is 1030. The van der Waals surface area contributed by atoms with Crippen LogP contribution in [0.25, 0.3) is 10.2 Å². The Morgan fingerprint density at radius 3 is 2.81 bits per heavy atom. The molecule has 1 aromatic carbocycles. The van der Waals surface area contributed by atoms with Crippen molar-refractivity contribution in [3.63, 3.8) is 0 Å². The second-order valence-electron chi connectivity index (χ2n) is 6.05. The van der Waals surface area contributed by atoms with Crippen LogP contribution >= 0.6 is 23.1 Å². The van der Waals surface area contributed by atoms with E-state index in [9.17, 15) is 14.9 Å². The number of thioether (sulfide) groups is 1. The lowest BCUT2D eigenvalue weighted by molar-refractivity contribution is -0.384. The molecule has 1 N–H and O–H groups in total. The molecule has 0 atom stereocenters. The number of thiophene rings is 1. The van der Waals surface area contributed by atoms with E-state index in [-0.39, 0.29) is 18.0 Å². The van der Waals surface area contributed by atoms with E-state index >= 15 is 0 Å². The Kier molecular flexibility index (Phi) is 5.71. The van der Waals surface area contributed by atoms with Crippen LogP contribution in [0.15, 0.2) is 29.6 Å². The molecule has 9 heteroatoms. The zero-order chi connectivity index (χ0) is 19.6. The van der Waals surface area contributed by atoms with Crippen molar-refractivity contribution in [1.82, 2.24) is 9.97 Å². The van der Waals surface area contributed by atoms with Gasteiger partial charge in [-0.1, -0.05) is 6.07 Å². The predicted octanol–water partition coefficient (Wildman–Crippen LogP) is 4.65.